The van der Waals surface area contributed by atoms with Crippen molar-refractivity contribution in [3.05, 3.63) is 70.7 Å². The third-order valence-electron chi connectivity index (χ3n) is 5.53. The van der Waals surface area contributed by atoms with Crippen LogP contribution in [0.2, 0.25) is 5.02 Å². The van der Waals surface area contributed by atoms with Crippen molar-refractivity contribution >= 4 is 41.5 Å². The quantitative estimate of drug-likeness (QED) is 0.357. The molecule has 150 valence electrons. The average molecular weight is 511 g/mol. The number of aliphatic imine (C=N–C) groups is 1. The number of nitrogens with two attached hydrogens (primary N) is 1. The van der Waals surface area contributed by atoms with Gasteiger partial charge in [-0.05, 0) is 42.5 Å². The standard InChI is InChI=1S/C22H27ClN4.HI/c23-18-8-4-7-17(13-18)20-14-21(20)26-22(24)25-19-9-11-27(12-10-19)15-16-5-2-1-3-6-16;/h1-8,13,19-21H,9-12,14-15H2,(H3,24,25,26);1H/t20-,21+;/m0./s1. The van der Waals surface area contributed by atoms with E-state index in [0.29, 0.717) is 17.9 Å². The fraction of sp³-hybridized carbons (Fsp3) is 0.409. The molecular formula is C22H28ClIN4. The Hall–Kier alpha value is -1.31. The first-order valence-electron chi connectivity index (χ1n) is 9.79. The van der Waals surface area contributed by atoms with Gasteiger partial charge in [-0.3, -0.25) is 4.90 Å². The van der Waals surface area contributed by atoms with Gasteiger partial charge in [0.2, 0.25) is 0 Å². The highest BCUT2D eigenvalue weighted by atomic mass is 127. The van der Waals surface area contributed by atoms with E-state index in [0.717, 1.165) is 43.9 Å². The maximum Gasteiger partial charge on any atom is 0.189 e. The molecule has 28 heavy (non-hydrogen) atoms. The Labute approximate surface area is 189 Å². The molecule has 1 aliphatic carbocycles. The maximum atomic E-state index is 6.17. The summed E-state index contributed by atoms with van der Waals surface area (Å²) >= 11 is 6.08. The van der Waals surface area contributed by atoms with Gasteiger partial charge in [-0.1, -0.05) is 54.1 Å². The van der Waals surface area contributed by atoms with Crippen LogP contribution in [0.15, 0.2) is 59.6 Å². The Morgan fingerprint density at radius 2 is 1.86 bits per heavy atom. The van der Waals surface area contributed by atoms with Gasteiger partial charge in [-0.2, -0.15) is 0 Å². The van der Waals surface area contributed by atoms with E-state index < -0.39 is 0 Å². The first-order chi connectivity index (χ1) is 13.2. The summed E-state index contributed by atoms with van der Waals surface area (Å²) in [5.74, 6) is 1.04. The number of rotatable bonds is 5. The average Bonchev–Trinajstić information content (AvgIpc) is 3.43. The SMILES string of the molecule is I.NC(=N[C@@H]1C[C@H]1c1cccc(Cl)c1)NC1CCN(Cc2ccccc2)CC1. The molecule has 2 atom stereocenters. The minimum Gasteiger partial charge on any atom is -0.370 e. The van der Waals surface area contributed by atoms with Crippen molar-refractivity contribution in [2.45, 2.75) is 43.8 Å². The monoisotopic (exact) mass is 510 g/mol. The molecule has 1 saturated heterocycles. The molecule has 2 aliphatic rings. The smallest absolute Gasteiger partial charge is 0.189 e. The molecule has 0 radical (unpaired) electrons. The van der Waals surface area contributed by atoms with Crippen molar-refractivity contribution in [2.75, 3.05) is 13.1 Å². The molecule has 2 aromatic carbocycles. The Kier molecular flexibility index (Phi) is 7.60. The van der Waals surface area contributed by atoms with Gasteiger partial charge in [0, 0.05) is 36.6 Å². The second kappa shape index (κ2) is 9.94. The molecule has 4 rings (SSSR count). The maximum absolute atomic E-state index is 6.17. The van der Waals surface area contributed by atoms with E-state index in [-0.39, 0.29) is 30.0 Å². The van der Waals surface area contributed by atoms with Gasteiger partial charge in [-0.15, -0.1) is 24.0 Å². The molecule has 1 aliphatic heterocycles. The molecule has 0 spiro atoms. The van der Waals surface area contributed by atoms with Gasteiger partial charge < -0.3 is 11.1 Å². The molecule has 2 aromatic rings. The number of hydrogen-bond donors (Lipinski definition) is 2. The first-order valence-corrected chi connectivity index (χ1v) is 10.2. The highest BCUT2D eigenvalue weighted by Gasteiger charge is 2.38. The van der Waals surface area contributed by atoms with E-state index in [1.165, 1.54) is 11.1 Å². The largest absolute Gasteiger partial charge is 0.370 e. The van der Waals surface area contributed by atoms with Gasteiger partial charge in [-0.25, -0.2) is 4.99 Å². The number of nitrogens with zero attached hydrogens (tertiary/aromatic N) is 2. The number of piperidine rings is 1. The molecule has 2 fully saturated rings. The van der Waals surface area contributed by atoms with E-state index in [4.69, 9.17) is 17.3 Å². The molecule has 1 heterocycles. The number of benzene rings is 2. The van der Waals surface area contributed by atoms with Crippen LogP contribution in [-0.2, 0) is 6.54 Å². The predicted molar refractivity (Wildman–Crippen MR) is 128 cm³/mol. The summed E-state index contributed by atoms with van der Waals surface area (Å²) < 4.78 is 0. The molecule has 1 saturated carbocycles. The molecule has 0 aromatic heterocycles. The van der Waals surface area contributed by atoms with Crippen molar-refractivity contribution in [1.82, 2.24) is 10.2 Å². The molecule has 4 nitrogen and oxygen atoms in total. The summed E-state index contributed by atoms with van der Waals surface area (Å²) in [7, 11) is 0. The lowest BCUT2D eigenvalue weighted by Gasteiger charge is -2.32. The van der Waals surface area contributed by atoms with Gasteiger partial charge in [0.15, 0.2) is 5.96 Å². The lowest BCUT2D eigenvalue weighted by atomic mass is 10.0. The number of nitrogens with one attached hydrogen (secondary N) is 1. The van der Waals surface area contributed by atoms with Gasteiger partial charge in [0.25, 0.3) is 0 Å². The van der Waals surface area contributed by atoms with E-state index in [9.17, 15) is 0 Å². The fourth-order valence-electron chi connectivity index (χ4n) is 3.92. The second-order valence-electron chi connectivity index (χ2n) is 7.66. The number of guanidine groups is 1. The highest BCUT2D eigenvalue weighted by molar-refractivity contribution is 14.0. The van der Waals surface area contributed by atoms with Crippen LogP contribution >= 0.6 is 35.6 Å². The van der Waals surface area contributed by atoms with Gasteiger partial charge in [0.05, 0.1) is 6.04 Å². The summed E-state index contributed by atoms with van der Waals surface area (Å²) in [6, 6.07) is 19.4. The Morgan fingerprint density at radius 1 is 1.11 bits per heavy atom. The Morgan fingerprint density at radius 3 is 2.57 bits per heavy atom. The summed E-state index contributed by atoms with van der Waals surface area (Å²) in [5.41, 5.74) is 8.82. The van der Waals surface area contributed by atoms with Crippen LogP contribution in [-0.4, -0.2) is 36.0 Å². The molecule has 0 unspecified atom stereocenters. The predicted octanol–water partition coefficient (Wildman–Crippen LogP) is 4.38. The zero-order valence-electron chi connectivity index (χ0n) is 15.9. The third kappa shape index (κ3) is 5.84. The summed E-state index contributed by atoms with van der Waals surface area (Å²) in [4.78, 5) is 7.19. The molecular weight excluding hydrogens is 483 g/mol. The van der Waals surface area contributed by atoms with Crippen LogP contribution in [0.5, 0.6) is 0 Å². The number of hydrogen-bond acceptors (Lipinski definition) is 2. The Bertz CT molecular complexity index is 790. The second-order valence-corrected chi connectivity index (χ2v) is 8.10. The van der Waals surface area contributed by atoms with Crippen molar-refractivity contribution in [1.29, 1.82) is 0 Å². The van der Waals surface area contributed by atoms with Crippen molar-refractivity contribution in [2.24, 2.45) is 10.7 Å². The van der Waals surface area contributed by atoms with Crippen LogP contribution in [0.3, 0.4) is 0 Å². The van der Waals surface area contributed by atoms with Crippen LogP contribution in [0.4, 0.5) is 0 Å². The van der Waals surface area contributed by atoms with E-state index in [2.05, 4.69) is 51.6 Å². The summed E-state index contributed by atoms with van der Waals surface area (Å²) in [5, 5.41) is 4.22. The van der Waals surface area contributed by atoms with Gasteiger partial charge >= 0.3 is 0 Å². The van der Waals surface area contributed by atoms with E-state index in [1.54, 1.807) is 0 Å². The van der Waals surface area contributed by atoms with Crippen molar-refractivity contribution < 1.29 is 0 Å². The minimum absolute atomic E-state index is 0. The first kappa shape index (κ1) is 21.4. The number of likely N-dealkylation sites (tertiary alicyclic amines) is 1. The summed E-state index contributed by atoms with van der Waals surface area (Å²) in [6.45, 7) is 3.21. The summed E-state index contributed by atoms with van der Waals surface area (Å²) in [6.07, 6.45) is 3.26. The van der Waals surface area contributed by atoms with Crippen LogP contribution in [0, 0.1) is 0 Å². The molecule has 0 amide bonds. The highest BCUT2D eigenvalue weighted by Crippen LogP contribution is 2.43. The molecule has 0 bridgehead atoms. The Balaban J connectivity index is 0.00000225. The molecule has 3 N–H and O–H groups in total. The van der Waals surface area contributed by atoms with E-state index >= 15 is 0 Å². The zero-order valence-corrected chi connectivity index (χ0v) is 19.0. The normalized spacial score (nSPS) is 23.1. The van der Waals surface area contributed by atoms with Crippen LogP contribution in [0.25, 0.3) is 0 Å². The topological polar surface area (TPSA) is 53.6 Å². The van der Waals surface area contributed by atoms with Crippen molar-refractivity contribution in [3.8, 4) is 0 Å². The minimum atomic E-state index is 0. The number of halogens is 2. The fourth-order valence-corrected chi connectivity index (χ4v) is 4.12. The molecule has 6 heteroatoms. The lowest BCUT2D eigenvalue weighted by molar-refractivity contribution is 0.199. The van der Waals surface area contributed by atoms with Crippen molar-refractivity contribution in [3.63, 3.8) is 0 Å². The lowest BCUT2D eigenvalue weighted by Crippen LogP contribution is -2.47. The van der Waals surface area contributed by atoms with E-state index in [1.807, 2.05) is 18.2 Å². The van der Waals surface area contributed by atoms with Crippen LogP contribution in [0.1, 0.15) is 36.3 Å². The third-order valence-corrected chi connectivity index (χ3v) is 5.76. The van der Waals surface area contributed by atoms with Crippen LogP contribution < -0.4 is 11.1 Å². The zero-order chi connectivity index (χ0) is 18.6. The van der Waals surface area contributed by atoms with Gasteiger partial charge in [0.1, 0.15) is 0 Å².